The van der Waals surface area contributed by atoms with E-state index in [0.717, 1.165) is 23.3 Å². The van der Waals surface area contributed by atoms with Crippen molar-refractivity contribution in [3.05, 3.63) is 70.3 Å². The molecular formula is C27H35N3O. The fourth-order valence-corrected chi connectivity index (χ4v) is 5.03. The first-order valence-electron chi connectivity index (χ1n) is 11.7. The molecule has 4 nitrogen and oxygen atoms in total. The minimum atomic E-state index is -0.0384. The molecule has 164 valence electrons. The van der Waals surface area contributed by atoms with Crippen molar-refractivity contribution in [2.45, 2.75) is 71.4 Å². The molecule has 31 heavy (non-hydrogen) atoms. The molecule has 0 unspecified atom stereocenters. The molecule has 0 saturated heterocycles. The van der Waals surface area contributed by atoms with Crippen LogP contribution in [0.1, 0.15) is 72.4 Å². The highest BCUT2D eigenvalue weighted by molar-refractivity contribution is 6.04. The lowest BCUT2D eigenvalue weighted by molar-refractivity contribution is -0.134. The van der Waals surface area contributed by atoms with Crippen LogP contribution < -0.4 is 0 Å². The molecule has 0 aromatic heterocycles. The van der Waals surface area contributed by atoms with Crippen LogP contribution in [0.3, 0.4) is 0 Å². The van der Waals surface area contributed by atoms with Crippen molar-refractivity contribution in [3.8, 4) is 0 Å². The lowest BCUT2D eigenvalue weighted by atomic mass is 9.94. The Kier molecular flexibility index (Phi) is 6.57. The monoisotopic (exact) mass is 417 g/mol. The number of carbonyl (C=O) groups is 1. The molecule has 1 aliphatic heterocycles. The number of hydrogen-bond acceptors (Lipinski definition) is 3. The van der Waals surface area contributed by atoms with Gasteiger partial charge in [0.25, 0.3) is 5.91 Å². The second kappa shape index (κ2) is 9.35. The van der Waals surface area contributed by atoms with Gasteiger partial charge in [0.15, 0.2) is 0 Å². The molecule has 4 rings (SSSR count). The lowest BCUT2D eigenvalue weighted by Crippen LogP contribution is -2.41. The molecule has 2 aromatic rings. The van der Waals surface area contributed by atoms with Crippen LogP contribution in [-0.2, 0) is 4.79 Å². The number of hydrazone groups is 1. The van der Waals surface area contributed by atoms with Crippen LogP contribution in [0.2, 0.25) is 0 Å². The zero-order valence-corrected chi connectivity index (χ0v) is 19.4. The van der Waals surface area contributed by atoms with E-state index in [1.165, 1.54) is 48.8 Å². The summed E-state index contributed by atoms with van der Waals surface area (Å²) in [7, 11) is 2.10. The number of likely N-dealkylation sites (N-methyl/N-ethyl adjacent to an activating group) is 1. The van der Waals surface area contributed by atoms with Gasteiger partial charge in [0.05, 0.1) is 18.3 Å². The Hall–Kier alpha value is -2.46. The van der Waals surface area contributed by atoms with E-state index in [-0.39, 0.29) is 11.9 Å². The third-order valence-electron chi connectivity index (χ3n) is 6.90. The number of benzene rings is 2. The Morgan fingerprint density at radius 2 is 1.68 bits per heavy atom. The Balaban J connectivity index is 1.60. The predicted octanol–water partition coefficient (Wildman–Crippen LogP) is 5.55. The number of aryl methyl sites for hydroxylation is 3. The smallest absolute Gasteiger partial charge is 0.257 e. The van der Waals surface area contributed by atoms with E-state index in [4.69, 9.17) is 5.10 Å². The second-order valence-electron chi connectivity index (χ2n) is 9.44. The summed E-state index contributed by atoms with van der Waals surface area (Å²) in [5.41, 5.74) is 7.01. The molecule has 1 saturated carbocycles. The average molecular weight is 418 g/mol. The maximum absolute atomic E-state index is 13.4. The molecular weight excluding hydrogens is 382 g/mol. The van der Waals surface area contributed by atoms with Crippen molar-refractivity contribution >= 4 is 11.6 Å². The molecule has 1 aliphatic carbocycles. The van der Waals surface area contributed by atoms with Gasteiger partial charge in [0.2, 0.25) is 0 Å². The van der Waals surface area contributed by atoms with Gasteiger partial charge in [-0.15, -0.1) is 0 Å². The van der Waals surface area contributed by atoms with Crippen LogP contribution in [0, 0.1) is 20.8 Å². The molecule has 4 heteroatoms. The summed E-state index contributed by atoms with van der Waals surface area (Å²) < 4.78 is 0. The van der Waals surface area contributed by atoms with Gasteiger partial charge in [0.1, 0.15) is 0 Å². The van der Waals surface area contributed by atoms with Gasteiger partial charge in [-0.2, -0.15) is 5.10 Å². The van der Waals surface area contributed by atoms with Gasteiger partial charge in [-0.3, -0.25) is 9.69 Å². The fraction of sp³-hybridized carbons (Fsp3) is 0.481. The summed E-state index contributed by atoms with van der Waals surface area (Å²) in [5.74, 6) is 0.0958. The molecule has 0 bridgehead atoms. The SMILES string of the molecule is Cc1ccc([C@H]2CC(c3ccc(C)cc3C)=NN2C(=O)CN(C)C2CCCCC2)cc1. The largest absolute Gasteiger partial charge is 0.295 e. The first-order chi connectivity index (χ1) is 14.9. The highest BCUT2D eigenvalue weighted by atomic mass is 16.2. The molecule has 0 N–H and O–H groups in total. The van der Waals surface area contributed by atoms with Gasteiger partial charge in [-0.1, -0.05) is 72.9 Å². The Bertz CT molecular complexity index is 957. The number of hydrogen-bond donors (Lipinski definition) is 0. The first kappa shape index (κ1) is 21.8. The molecule has 2 aromatic carbocycles. The summed E-state index contributed by atoms with van der Waals surface area (Å²) in [4.78, 5) is 15.7. The number of amides is 1. The van der Waals surface area contributed by atoms with Crippen LogP contribution in [0.5, 0.6) is 0 Å². The van der Waals surface area contributed by atoms with Crippen LogP contribution in [0.15, 0.2) is 47.6 Å². The Labute approximate surface area is 186 Å². The number of rotatable bonds is 5. The zero-order valence-electron chi connectivity index (χ0n) is 19.4. The normalized spacial score (nSPS) is 19.7. The van der Waals surface area contributed by atoms with Crippen molar-refractivity contribution in [1.29, 1.82) is 0 Å². The molecule has 1 heterocycles. The van der Waals surface area contributed by atoms with Crippen molar-refractivity contribution < 1.29 is 4.79 Å². The maximum Gasteiger partial charge on any atom is 0.257 e. The van der Waals surface area contributed by atoms with Gasteiger partial charge in [0, 0.05) is 18.0 Å². The number of nitrogens with zero attached hydrogens (tertiary/aromatic N) is 3. The van der Waals surface area contributed by atoms with E-state index in [1.807, 2.05) is 0 Å². The highest BCUT2D eigenvalue weighted by Gasteiger charge is 2.34. The van der Waals surface area contributed by atoms with E-state index in [1.54, 1.807) is 5.01 Å². The van der Waals surface area contributed by atoms with Gasteiger partial charge in [-0.05, 0) is 51.8 Å². The van der Waals surface area contributed by atoms with Crippen LogP contribution in [0.25, 0.3) is 0 Å². The average Bonchev–Trinajstić information content (AvgIpc) is 3.20. The summed E-state index contributed by atoms with van der Waals surface area (Å²) in [6, 6.07) is 15.5. The van der Waals surface area contributed by atoms with E-state index >= 15 is 0 Å². The maximum atomic E-state index is 13.4. The van der Waals surface area contributed by atoms with Crippen molar-refractivity contribution in [1.82, 2.24) is 9.91 Å². The van der Waals surface area contributed by atoms with Gasteiger partial charge < -0.3 is 0 Å². The van der Waals surface area contributed by atoms with E-state index in [2.05, 4.69) is 75.2 Å². The third kappa shape index (κ3) is 4.90. The summed E-state index contributed by atoms with van der Waals surface area (Å²) >= 11 is 0. The second-order valence-corrected chi connectivity index (χ2v) is 9.44. The Morgan fingerprint density at radius 3 is 2.35 bits per heavy atom. The van der Waals surface area contributed by atoms with E-state index < -0.39 is 0 Å². The van der Waals surface area contributed by atoms with Crippen molar-refractivity contribution in [3.63, 3.8) is 0 Å². The van der Waals surface area contributed by atoms with Gasteiger partial charge >= 0.3 is 0 Å². The summed E-state index contributed by atoms with van der Waals surface area (Å²) in [6.07, 6.45) is 7.02. The standard InChI is InChI=1S/C27H35N3O/c1-19-10-13-22(14-11-19)26-17-25(24-15-12-20(2)16-21(24)3)28-30(26)27(31)18-29(4)23-8-6-5-7-9-23/h10-16,23,26H,5-9,17-18H2,1-4H3/t26-/m1/s1. The van der Waals surface area contributed by atoms with Crippen LogP contribution >= 0.6 is 0 Å². The third-order valence-corrected chi connectivity index (χ3v) is 6.90. The van der Waals surface area contributed by atoms with Gasteiger partial charge in [-0.25, -0.2) is 5.01 Å². The van der Waals surface area contributed by atoms with Crippen molar-refractivity contribution in [2.75, 3.05) is 13.6 Å². The highest BCUT2D eigenvalue weighted by Crippen LogP contribution is 2.34. The molecule has 2 aliphatic rings. The number of carbonyl (C=O) groups excluding carboxylic acids is 1. The minimum absolute atomic E-state index is 0.0384. The zero-order chi connectivity index (χ0) is 22.0. The Morgan fingerprint density at radius 1 is 1.00 bits per heavy atom. The molecule has 1 fully saturated rings. The van der Waals surface area contributed by atoms with Crippen LogP contribution in [-0.4, -0.2) is 41.2 Å². The molecule has 1 amide bonds. The predicted molar refractivity (Wildman–Crippen MR) is 127 cm³/mol. The van der Waals surface area contributed by atoms with Crippen LogP contribution in [0.4, 0.5) is 0 Å². The van der Waals surface area contributed by atoms with E-state index in [9.17, 15) is 4.79 Å². The molecule has 0 spiro atoms. The van der Waals surface area contributed by atoms with Crippen molar-refractivity contribution in [2.24, 2.45) is 5.10 Å². The lowest BCUT2D eigenvalue weighted by Gasteiger charge is -2.32. The summed E-state index contributed by atoms with van der Waals surface area (Å²) in [6.45, 7) is 6.76. The minimum Gasteiger partial charge on any atom is -0.295 e. The topological polar surface area (TPSA) is 35.9 Å². The fourth-order valence-electron chi connectivity index (χ4n) is 5.03. The first-order valence-corrected chi connectivity index (χ1v) is 11.7. The van der Waals surface area contributed by atoms with E-state index in [0.29, 0.717) is 12.6 Å². The quantitative estimate of drug-likeness (QED) is 0.639. The summed E-state index contributed by atoms with van der Waals surface area (Å²) in [5, 5.41) is 6.66. The molecule has 1 atom stereocenters. The molecule has 0 radical (unpaired) electrons.